The Labute approximate surface area is 117 Å². The lowest BCUT2D eigenvalue weighted by Gasteiger charge is -2.14. The molecule has 1 heterocycles. The van der Waals surface area contributed by atoms with E-state index in [2.05, 4.69) is 25.8 Å². The summed E-state index contributed by atoms with van der Waals surface area (Å²) >= 11 is 1.54. The van der Waals surface area contributed by atoms with Crippen LogP contribution in [0.25, 0.3) is 0 Å². The zero-order valence-corrected chi connectivity index (χ0v) is 12.3. The third kappa shape index (κ3) is 3.41. The molecule has 0 fully saturated rings. The standard InChI is InChI=1S/C15H18N2OS/c1-15(2,3)13-9-19-14(17-13)8-12(18)10-5-4-6-11(16)7-10/h4-7,9H,8,16H2,1-3H3. The van der Waals surface area contributed by atoms with E-state index >= 15 is 0 Å². The number of nitrogens with two attached hydrogens (primary N) is 1. The fraction of sp³-hybridized carbons (Fsp3) is 0.333. The van der Waals surface area contributed by atoms with Gasteiger partial charge >= 0.3 is 0 Å². The second kappa shape index (κ2) is 5.13. The Morgan fingerprint density at radius 3 is 2.68 bits per heavy atom. The second-order valence-corrected chi connectivity index (χ2v) is 6.54. The highest BCUT2D eigenvalue weighted by Gasteiger charge is 2.18. The number of thiazole rings is 1. The van der Waals surface area contributed by atoms with Crippen molar-refractivity contribution in [3.63, 3.8) is 0 Å². The van der Waals surface area contributed by atoms with E-state index in [1.54, 1.807) is 35.6 Å². The summed E-state index contributed by atoms with van der Waals surface area (Å²) in [5.74, 6) is 0.0575. The van der Waals surface area contributed by atoms with Crippen molar-refractivity contribution < 1.29 is 4.79 Å². The quantitative estimate of drug-likeness (QED) is 0.689. The summed E-state index contributed by atoms with van der Waals surface area (Å²) in [7, 11) is 0. The number of nitrogen functional groups attached to an aromatic ring is 1. The van der Waals surface area contributed by atoms with Crippen molar-refractivity contribution in [1.29, 1.82) is 0 Å². The molecule has 1 aromatic carbocycles. The number of Topliss-reactive ketones (excluding diaryl/α,β-unsaturated/α-hetero) is 1. The van der Waals surface area contributed by atoms with Crippen LogP contribution in [0.2, 0.25) is 0 Å². The first-order valence-corrected chi connectivity index (χ1v) is 7.08. The molecular formula is C15H18N2OS. The van der Waals surface area contributed by atoms with Crippen LogP contribution in [-0.2, 0) is 11.8 Å². The molecule has 0 spiro atoms. The highest BCUT2D eigenvalue weighted by Crippen LogP contribution is 2.24. The van der Waals surface area contributed by atoms with E-state index in [1.165, 1.54) is 0 Å². The van der Waals surface area contributed by atoms with E-state index in [9.17, 15) is 4.79 Å². The average Bonchev–Trinajstić information content (AvgIpc) is 2.77. The summed E-state index contributed by atoms with van der Waals surface area (Å²) in [4.78, 5) is 16.7. The van der Waals surface area contributed by atoms with Gasteiger partial charge in [-0.1, -0.05) is 32.9 Å². The van der Waals surface area contributed by atoms with Gasteiger partial charge in [0, 0.05) is 22.0 Å². The number of hydrogen-bond acceptors (Lipinski definition) is 4. The number of carbonyl (C=O) groups excluding carboxylic acids is 1. The average molecular weight is 274 g/mol. The molecule has 4 heteroatoms. The highest BCUT2D eigenvalue weighted by molar-refractivity contribution is 7.09. The minimum Gasteiger partial charge on any atom is -0.399 e. The van der Waals surface area contributed by atoms with Gasteiger partial charge in [0.1, 0.15) is 5.01 Å². The lowest BCUT2D eigenvalue weighted by atomic mass is 9.93. The van der Waals surface area contributed by atoms with Crippen molar-refractivity contribution in [2.75, 3.05) is 5.73 Å². The molecule has 0 aliphatic carbocycles. The molecule has 2 rings (SSSR count). The van der Waals surface area contributed by atoms with E-state index in [1.807, 2.05) is 5.38 Å². The van der Waals surface area contributed by atoms with Gasteiger partial charge in [0.15, 0.2) is 5.78 Å². The molecule has 2 aromatic rings. The van der Waals surface area contributed by atoms with Gasteiger partial charge in [-0.05, 0) is 12.1 Å². The van der Waals surface area contributed by atoms with Crippen LogP contribution in [0.1, 0.15) is 41.8 Å². The van der Waals surface area contributed by atoms with Crippen molar-refractivity contribution in [1.82, 2.24) is 4.98 Å². The summed E-state index contributed by atoms with van der Waals surface area (Å²) in [5, 5.41) is 2.89. The zero-order valence-electron chi connectivity index (χ0n) is 11.4. The largest absolute Gasteiger partial charge is 0.399 e. The van der Waals surface area contributed by atoms with Crippen LogP contribution < -0.4 is 5.73 Å². The predicted molar refractivity (Wildman–Crippen MR) is 79.7 cm³/mol. The normalized spacial score (nSPS) is 11.5. The maximum Gasteiger partial charge on any atom is 0.169 e. The third-order valence-corrected chi connectivity index (χ3v) is 3.69. The summed E-state index contributed by atoms with van der Waals surface area (Å²) < 4.78 is 0. The van der Waals surface area contributed by atoms with Gasteiger partial charge in [-0.15, -0.1) is 11.3 Å². The molecule has 0 unspecified atom stereocenters. The molecule has 0 radical (unpaired) electrons. The highest BCUT2D eigenvalue weighted by atomic mass is 32.1. The van der Waals surface area contributed by atoms with Crippen LogP contribution >= 0.6 is 11.3 Å². The maximum absolute atomic E-state index is 12.1. The maximum atomic E-state index is 12.1. The molecule has 0 saturated carbocycles. The molecule has 0 aliphatic heterocycles. The first-order valence-electron chi connectivity index (χ1n) is 6.20. The lowest BCUT2D eigenvalue weighted by Crippen LogP contribution is -2.12. The molecule has 2 N–H and O–H groups in total. The fourth-order valence-electron chi connectivity index (χ4n) is 1.69. The topological polar surface area (TPSA) is 56.0 Å². The Bertz CT molecular complexity index is 596. The predicted octanol–water partition coefficient (Wildman–Crippen LogP) is 3.45. The fourth-order valence-corrected chi connectivity index (χ4v) is 2.71. The van der Waals surface area contributed by atoms with Crippen LogP contribution in [0.3, 0.4) is 0 Å². The summed E-state index contributed by atoms with van der Waals surface area (Å²) in [6, 6.07) is 7.07. The van der Waals surface area contributed by atoms with Gasteiger partial charge in [-0.2, -0.15) is 0 Å². The first kappa shape index (κ1) is 13.7. The van der Waals surface area contributed by atoms with Gasteiger partial charge in [-0.3, -0.25) is 4.79 Å². The molecule has 1 aromatic heterocycles. The summed E-state index contributed by atoms with van der Waals surface area (Å²) in [6.45, 7) is 6.35. The van der Waals surface area contributed by atoms with Crippen LogP contribution in [0, 0.1) is 0 Å². The second-order valence-electron chi connectivity index (χ2n) is 5.60. The van der Waals surface area contributed by atoms with E-state index in [4.69, 9.17) is 5.73 Å². The number of anilines is 1. The number of carbonyl (C=O) groups is 1. The van der Waals surface area contributed by atoms with Crippen molar-refractivity contribution in [2.24, 2.45) is 0 Å². The van der Waals surface area contributed by atoms with Gasteiger partial charge in [0.25, 0.3) is 0 Å². The number of nitrogens with zero attached hydrogens (tertiary/aromatic N) is 1. The molecule has 0 atom stereocenters. The molecule has 0 amide bonds. The SMILES string of the molecule is CC(C)(C)c1csc(CC(=O)c2cccc(N)c2)n1. The molecule has 0 saturated heterocycles. The van der Waals surface area contributed by atoms with Crippen LogP contribution in [0.5, 0.6) is 0 Å². The summed E-state index contributed by atoms with van der Waals surface area (Å²) in [5.41, 5.74) is 8.00. The van der Waals surface area contributed by atoms with E-state index in [0.717, 1.165) is 10.7 Å². The molecule has 0 aliphatic rings. The minimum absolute atomic E-state index is 0.0228. The monoisotopic (exact) mass is 274 g/mol. The number of ketones is 1. The van der Waals surface area contributed by atoms with Crippen molar-refractivity contribution >= 4 is 22.8 Å². The number of hydrogen-bond donors (Lipinski definition) is 1. The van der Waals surface area contributed by atoms with Crippen LogP contribution in [0.4, 0.5) is 5.69 Å². The van der Waals surface area contributed by atoms with E-state index < -0.39 is 0 Å². The lowest BCUT2D eigenvalue weighted by molar-refractivity contribution is 0.0993. The molecule has 3 nitrogen and oxygen atoms in total. The Hall–Kier alpha value is -1.68. The molecular weight excluding hydrogens is 256 g/mol. The number of rotatable bonds is 3. The third-order valence-electron chi connectivity index (χ3n) is 2.84. The Morgan fingerprint density at radius 1 is 1.37 bits per heavy atom. The van der Waals surface area contributed by atoms with Gasteiger partial charge in [0.05, 0.1) is 12.1 Å². The van der Waals surface area contributed by atoms with Crippen LogP contribution in [-0.4, -0.2) is 10.8 Å². The van der Waals surface area contributed by atoms with E-state index in [-0.39, 0.29) is 11.2 Å². The molecule has 19 heavy (non-hydrogen) atoms. The smallest absolute Gasteiger partial charge is 0.169 e. The van der Waals surface area contributed by atoms with Gasteiger partial charge < -0.3 is 5.73 Å². The molecule has 0 bridgehead atoms. The van der Waals surface area contributed by atoms with Gasteiger partial charge in [0.2, 0.25) is 0 Å². The Kier molecular flexibility index (Phi) is 3.71. The number of benzene rings is 1. The van der Waals surface area contributed by atoms with Crippen molar-refractivity contribution in [3.8, 4) is 0 Å². The van der Waals surface area contributed by atoms with E-state index in [0.29, 0.717) is 17.7 Å². The zero-order chi connectivity index (χ0) is 14.0. The first-order chi connectivity index (χ1) is 8.86. The number of aromatic nitrogens is 1. The Morgan fingerprint density at radius 2 is 2.11 bits per heavy atom. The van der Waals surface area contributed by atoms with Crippen molar-refractivity contribution in [3.05, 3.63) is 45.9 Å². The minimum atomic E-state index is 0.0228. The Balaban J connectivity index is 2.13. The molecule has 100 valence electrons. The summed E-state index contributed by atoms with van der Waals surface area (Å²) in [6.07, 6.45) is 0.337. The van der Waals surface area contributed by atoms with Gasteiger partial charge in [-0.25, -0.2) is 4.98 Å². The van der Waals surface area contributed by atoms with Crippen molar-refractivity contribution in [2.45, 2.75) is 32.6 Å². The van der Waals surface area contributed by atoms with Crippen LogP contribution in [0.15, 0.2) is 29.6 Å².